The van der Waals surface area contributed by atoms with E-state index >= 15 is 0 Å². The summed E-state index contributed by atoms with van der Waals surface area (Å²) in [7, 11) is 0. The van der Waals surface area contributed by atoms with Gasteiger partial charge in [-0.1, -0.05) is 19.0 Å². The van der Waals surface area contributed by atoms with Crippen molar-refractivity contribution in [3.63, 3.8) is 0 Å². The quantitative estimate of drug-likeness (QED) is 0.675. The van der Waals surface area contributed by atoms with Crippen molar-refractivity contribution in [2.45, 2.75) is 46.1 Å². The smallest absolute Gasteiger partial charge is 0.292 e. The van der Waals surface area contributed by atoms with Crippen LogP contribution in [0.25, 0.3) is 0 Å². The monoisotopic (exact) mass is 193 g/mol. The van der Waals surface area contributed by atoms with E-state index < -0.39 is 0 Å². The lowest BCUT2D eigenvalue weighted by atomic mass is 10.1. The Hall–Kier alpha value is -1.12. The molecular formula is C11H17N2O+. The van der Waals surface area contributed by atoms with Crippen molar-refractivity contribution < 1.29 is 9.10 Å². The molecule has 0 aromatic carbocycles. The summed E-state index contributed by atoms with van der Waals surface area (Å²) in [6, 6.07) is 0.448. The normalized spacial score (nSPS) is 15.1. The molecular weight excluding hydrogens is 176 g/mol. The van der Waals surface area contributed by atoms with Gasteiger partial charge in [-0.3, -0.25) is 4.52 Å². The van der Waals surface area contributed by atoms with Crippen molar-refractivity contribution in [3.05, 3.63) is 11.3 Å². The Bertz CT molecular complexity index is 375. The summed E-state index contributed by atoms with van der Waals surface area (Å²) in [5.41, 5.74) is 2.38. The predicted octanol–water partition coefficient (Wildman–Crippen LogP) is 2.48. The molecule has 1 aromatic heterocycles. The van der Waals surface area contributed by atoms with Crippen molar-refractivity contribution in [2.75, 3.05) is 0 Å². The fourth-order valence-electron chi connectivity index (χ4n) is 1.88. The second kappa shape index (κ2) is 3.23. The Kier molecular flexibility index (Phi) is 2.17. The molecule has 14 heavy (non-hydrogen) atoms. The van der Waals surface area contributed by atoms with Crippen LogP contribution in [0.4, 0.5) is 5.88 Å². The lowest BCUT2D eigenvalue weighted by molar-refractivity contribution is -0.483. The van der Waals surface area contributed by atoms with Gasteiger partial charge in [0.05, 0.1) is 12.1 Å². The van der Waals surface area contributed by atoms with Crippen molar-refractivity contribution in [3.8, 4) is 0 Å². The van der Waals surface area contributed by atoms with Crippen molar-refractivity contribution >= 4 is 12.1 Å². The first-order chi connectivity index (χ1) is 6.61. The zero-order valence-corrected chi connectivity index (χ0v) is 9.24. The number of aromatic nitrogens is 1. The van der Waals surface area contributed by atoms with Crippen LogP contribution in [0.3, 0.4) is 0 Å². The van der Waals surface area contributed by atoms with Gasteiger partial charge in [-0.05, 0) is 19.8 Å². The molecule has 0 radical (unpaired) electrons. The molecule has 2 heterocycles. The van der Waals surface area contributed by atoms with Crippen molar-refractivity contribution in [1.82, 2.24) is 5.16 Å². The number of nitrogens with zero attached hydrogens (tertiary/aromatic N) is 2. The van der Waals surface area contributed by atoms with E-state index in [1.165, 1.54) is 5.56 Å². The Balaban J connectivity index is 2.40. The highest BCUT2D eigenvalue weighted by atomic mass is 16.5. The maximum absolute atomic E-state index is 5.39. The summed E-state index contributed by atoms with van der Waals surface area (Å²) >= 11 is 0. The van der Waals surface area contributed by atoms with Crippen molar-refractivity contribution in [1.29, 1.82) is 0 Å². The van der Waals surface area contributed by atoms with Crippen LogP contribution >= 0.6 is 0 Å². The molecule has 0 N–H and O–H groups in total. The van der Waals surface area contributed by atoms with Gasteiger partial charge >= 0.3 is 5.88 Å². The van der Waals surface area contributed by atoms with Crippen LogP contribution in [0, 0.1) is 0 Å². The highest BCUT2D eigenvalue weighted by molar-refractivity contribution is 5.65. The molecule has 0 saturated heterocycles. The van der Waals surface area contributed by atoms with Crippen LogP contribution in [0.1, 0.15) is 44.9 Å². The third-order valence-corrected chi connectivity index (χ3v) is 2.63. The molecule has 1 aliphatic rings. The summed E-state index contributed by atoms with van der Waals surface area (Å²) in [6.07, 6.45) is 3.15. The lowest BCUT2D eigenvalue weighted by Crippen LogP contribution is -2.12. The van der Waals surface area contributed by atoms with E-state index in [4.69, 9.17) is 4.52 Å². The van der Waals surface area contributed by atoms with E-state index in [2.05, 4.69) is 43.6 Å². The topological polar surface area (TPSA) is 29.0 Å². The number of hydrogen-bond donors (Lipinski definition) is 0. The molecule has 3 nitrogen and oxygen atoms in total. The number of fused-ring (bicyclic) bond motifs is 1. The largest absolute Gasteiger partial charge is 0.400 e. The molecule has 0 atom stereocenters. The Morgan fingerprint density at radius 3 is 2.64 bits per heavy atom. The molecule has 1 aliphatic heterocycles. The standard InChI is InChI=1S/C11H17N2O/c1-7(2)10-9-5-6-13(8(3)4)11(9)14-12-10/h6-8H,5H2,1-4H3/q+1. The molecule has 1 aromatic rings. The third kappa shape index (κ3) is 1.27. The van der Waals surface area contributed by atoms with Crippen LogP contribution in [0.15, 0.2) is 4.52 Å². The summed E-state index contributed by atoms with van der Waals surface area (Å²) in [5.74, 6) is 1.40. The van der Waals surface area contributed by atoms with Gasteiger partial charge in [-0.25, -0.2) is 0 Å². The van der Waals surface area contributed by atoms with Crippen LogP contribution in [-0.4, -0.2) is 22.0 Å². The first-order valence-corrected chi connectivity index (χ1v) is 5.21. The average Bonchev–Trinajstić information content (AvgIpc) is 2.59. The molecule has 0 aliphatic carbocycles. The van der Waals surface area contributed by atoms with Gasteiger partial charge in [0.1, 0.15) is 5.56 Å². The van der Waals surface area contributed by atoms with Crippen molar-refractivity contribution in [2.24, 2.45) is 0 Å². The summed E-state index contributed by atoms with van der Waals surface area (Å²) in [5, 5.41) is 4.13. The summed E-state index contributed by atoms with van der Waals surface area (Å²) < 4.78 is 7.55. The van der Waals surface area contributed by atoms with E-state index in [0.717, 1.165) is 18.0 Å². The summed E-state index contributed by atoms with van der Waals surface area (Å²) in [6.45, 7) is 8.61. The highest BCUT2D eigenvalue weighted by Gasteiger charge is 2.33. The fraction of sp³-hybridized carbons (Fsp3) is 0.636. The second-order valence-electron chi connectivity index (χ2n) is 4.39. The Morgan fingerprint density at radius 1 is 1.36 bits per heavy atom. The molecule has 0 fully saturated rings. The minimum absolute atomic E-state index is 0.447. The first kappa shape index (κ1) is 9.44. The van der Waals surface area contributed by atoms with E-state index in [1.807, 2.05) is 0 Å². The van der Waals surface area contributed by atoms with Gasteiger partial charge < -0.3 is 0 Å². The molecule has 0 amide bonds. The highest BCUT2D eigenvalue weighted by Crippen LogP contribution is 2.31. The number of hydrogen-bond acceptors (Lipinski definition) is 2. The zero-order valence-electron chi connectivity index (χ0n) is 9.24. The molecule has 2 rings (SSSR count). The van der Waals surface area contributed by atoms with Gasteiger partial charge in [-0.2, -0.15) is 4.58 Å². The maximum Gasteiger partial charge on any atom is 0.400 e. The maximum atomic E-state index is 5.39. The van der Waals surface area contributed by atoms with Crippen LogP contribution in [-0.2, 0) is 6.42 Å². The number of rotatable bonds is 2. The van der Waals surface area contributed by atoms with Gasteiger partial charge in [-0.15, -0.1) is 0 Å². The van der Waals surface area contributed by atoms with E-state index in [-0.39, 0.29) is 0 Å². The van der Waals surface area contributed by atoms with Gasteiger partial charge in [0, 0.05) is 0 Å². The molecule has 0 saturated carbocycles. The second-order valence-corrected chi connectivity index (χ2v) is 4.39. The predicted molar refractivity (Wildman–Crippen MR) is 55.4 cm³/mol. The zero-order chi connectivity index (χ0) is 10.3. The van der Waals surface area contributed by atoms with Crippen LogP contribution in [0.2, 0.25) is 0 Å². The lowest BCUT2D eigenvalue weighted by Gasteiger charge is -1.97. The van der Waals surface area contributed by atoms with Crippen LogP contribution in [0.5, 0.6) is 0 Å². The molecule has 0 spiro atoms. The fourth-order valence-corrected chi connectivity index (χ4v) is 1.88. The first-order valence-electron chi connectivity index (χ1n) is 5.21. The van der Waals surface area contributed by atoms with Gasteiger partial charge in [0.25, 0.3) is 0 Å². The Morgan fingerprint density at radius 2 is 2.07 bits per heavy atom. The van der Waals surface area contributed by atoms with E-state index in [1.54, 1.807) is 0 Å². The van der Waals surface area contributed by atoms with E-state index in [9.17, 15) is 0 Å². The van der Waals surface area contributed by atoms with Crippen LogP contribution < -0.4 is 0 Å². The molecule has 0 bridgehead atoms. The SMILES string of the molecule is CC(C)c1noc2c1CC=[N+]2C(C)C. The average molecular weight is 193 g/mol. The minimum Gasteiger partial charge on any atom is -0.292 e. The van der Waals surface area contributed by atoms with Gasteiger partial charge in [0.15, 0.2) is 12.3 Å². The third-order valence-electron chi connectivity index (χ3n) is 2.63. The van der Waals surface area contributed by atoms with Gasteiger partial charge in [0.2, 0.25) is 0 Å². The summed E-state index contributed by atoms with van der Waals surface area (Å²) in [4.78, 5) is 0. The molecule has 76 valence electrons. The minimum atomic E-state index is 0.447. The Labute approximate surface area is 84.4 Å². The van der Waals surface area contributed by atoms with E-state index in [0.29, 0.717) is 12.0 Å². The molecule has 0 unspecified atom stereocenters. The molecule has 3 heteroatoms.